The van der Waals surface area contributed by atoms with E-state index in [2.05, 4.69) is 48.5 Å². The number of rotatable bonds is 6. The molecule has 0 radical (unpaired) electrons. The number of ether oxygens (including phenoxy) is 1. The molecule has 1 heterocycles. The number of nitrogens with zero attached hydrogens (tertiary/aromatic N) is 1. The Labute approximate surface area is 160 Å². The van der Waals surface area contributed by atoms with Crippen LogP contribution >= 0.6 is 0 Å². The van der Waals surface area contributed by atoms with Crippen LogP contribution in [0.1, 0.15) is 28.4 Å². The van der Waals surface area contributed by atoms with E-state index in [0.717, 1.165) is 24.0 Å². The molecule has 4 rings (SSSR count). The van der Waals surface area contributed by atoms with Crippen LogP contribution in [0.15, 0.2) is 84.9 Å². The molecule has 0 spiro atoms. The third kappa shape index (κ3) is 4.37. The Morgan fingerprint density at radius 3 is 1.96 bits per heavy atom. The Kier molecular flexibility index (Phi) is 5.20. The van der Waals surface area contributed by atoms with Crippen LogP contribution in [0.3, 0.4) is 0 Å². The summed E-state index contributed by atoms with van der Waals surface area (Å²) in [6.45, 7) is 1.18. The molecule has 1 fully saturated rings. The Bertz CT molecular complexity index is 875. The highest BCUT2D eigenvalue weighted by Gasteiger charge is 2.32. The highest BCUT2D eigenvalue weighted by atomic mass is 16.6. The van der Waals surface area contributed by atoms with Crippen molar-refractivity contribution in [2.24, 2.45) is 0 Å². The molecule has 0 N–H and O–H groups in total. The van der Waals surface area contributed by atoms with Crippen LogP contribution in [0.5, 0.6) is 0 Å². The zero-order chi connectivity index (χ0) is 18.5. The second-order valence-corrected chi connectivity index (χ2v) is 6.97. The van der Waals surface area contributed by atoms with Crippen LogP contribution in [-0.4, -0.2) is 17.5 Å². The summed E-state index contributed by atoms with van der Waals surface area (Å²) in [6, 6.07) is 29.0. The lowest BCUT2D eigenvalue weighted by atomic mass is 10.0. The lowest BCUT2D eigenvalue weighted by molar-refractivity contribution is 0.132. The van der Waals surface area contributed by atoms with Crippen molar-refractivity contribution in [1.29, 1.82) is 0 Å². The van der Waals surface area contributed by atoms with Gasteiger partial charge in [0.2, 0.25) is 0 Å². The minimum Gasteiger partial charge on any atom is -0.439 e. The van der Waals surface area contributed by atoms with Gasteiger partial charge < -0.3 is 4.74 Å². The molecule has 1 atom stereocenters. The zero-order valence-corrected chi connectivity index (χ0v) is 15.3. The van der Waals surface area contributed by atoms with Gasteiger partial charge in [-0.15, -0.1) is 0 Å². The monoisotopic (exact) mass is 357 g/mol. The maximum Gasteiger partial charge on any atom is 0.410 e. The second-order valence-electron chi connectivity index (χ2n) is 6.97. The molecular formula is C24H23NO2. The maximum atomic E-state index is 12.2. The number of carbonyl (C=O) groups excluding carboxylic acids is 1. The number of amides is 1. The Balaban J connectivity index is 1.34. The normalized spacial score (nSPS) is 16.4. The van der Waals surface area contributed by atoms with Crippen molar-refractivity contribution in [3.05, 3.63) is 107 Å². The highest BCUT2D eigenvalue weighted by Crippen LogP contribution is 2.27. The van der Waals surface area contributed by atoms with Crippen molar-refractivity contribution in [3.63, 3.8) is 0 Å². The molecule has 1 aliphatic rings. The summed E-state index contributed by atoms with van der Waals surface area (Å²) in [4.78, 5) is 14.0. The number of aryl methyl sites for hydroxylation is 2. The van der Waals surface area contributed by atoms with Gasteiger partial charge in [-0.3, -0.25) is 4.90 Å². The molecule has 1 amide bonds. The second kappa shape index (κ2) is 8.09. The van der Waals surface area contributed by atoms with E-state index in [1.54, 1.807) is 4.90 Å². The molecule has 1 saturated heterocycles. The van der Waals surface area contributed by atoms with Crippen LogP contribution in [0.25, 0.3) is 0 Å². The molecule has 0 saturated carbocycles. The lowest BCUT2D eigenvalue weighted by Crippen LogP contribution is -2.23. The molecule has 3 nitrogen and oxygen atoms in total. The molecular weight excluding hydrogens is 334 g/mol. The summed E-state index contributed by atoms with van der Waals surface area (Å²) in [5.41, 5.74) is 4.84. The van der Waals surface area contributed by atoms with E-state index in [9.17, 15) is 4.79 Å². The van der Waals surface area contributed by atoms with Crippen LogP contribution in [0.2, 0.25) is 0 Å². The molecule has 0 aromatic heterocycles. The molecule has 136 valence electrons. The zero-order valence-electron chi connectivity index (χ0n) is 15.3. The van der Waals surface area contributed by atoms with Crippen LogP contribution in [-0.2, 0) is 24.1 Å². The van der Waals surface area contributed by atoms with Gasteiger partial charge in [0, 0.05) is 6.54 Å². The number of hydrogen-bond donors (Lipinski definition) is 0. The van der Waals surface area contributed by atoms with Gasteiger partial charge in [-0.05, 0) is 35.1 Å². The van der Waals surface area contributed by atoms with E-state index in [1.165, 1.54) is 11.1 Å². The van der Waals surface area contributed by atoms with Crippen molar-refractivity contribution >= 4 is 6.09 Å². The molecule has 0 aliphatic carbocycles. The van der Waals surface area contributed by atoms with Gasteiger partial charge in [-0.25, -0.2) is 4.79 Å². The predicted molar refractivity (Wildman–Crippen MR) is 106 cm³/mol. The van der Waals surface area contributed by atoms with Crippen LogP contribution in [0.4, 0.5) is 4.79 Å². The smallest absolute Gasteiger partial charge is 0.410 e. The number of hydrogen-bond acceptors (Lipinski definition) is 2. The average Bonchev–Trinajstić information content (AvgIpc) is 3.09. The highest BCUT2D eigenvalue weighted by molar-refractivity contribution is 5.70. The maximum absolute atomic E-state index is 12.2. The van der Waals surface area contributed by atoms with Gasteiger partial charge >= 0.3 is 6.09 Å². The van der Waals surface area contributed by atoms with E-state index < -0.39 is 0 Å². The molecule has 0 bridgehead atoms. The third-order valence-corrected chi connectivity index (χ3v) is 5.00. The lowest BCUT2D eigenvalue weighted by Gasteiger charge is -2.13. The number of benzene rings is 3. The standard InChI is InChI=1S/C24H23NO2/c26-24-25(18-23(27-24)22-9-5-2-6-10-22)17-21-15-13-20(14-16-21)12-11-19-7-3-1-4-8-19/h1-10,13-16,23H,11-12,17-18H2/t23-/m0/s1. The summed E-state index contributed by atoms with van der Waals surface area (Å²) < 4.78 is 5.53. The van der Waals surface area contributed by atoms with Crippen molar-refractivity contribution in [3.8, 4) is 0 Å². The van der Waals surface area contributed by atoms with E-state index in [-0.39, 0.29) is 12.2 Å². The Morgan fingerprint density at radius 2 is 1.30 bits per heavy atom. The quantitative estimate of drug-likeness (QED) is 0.609. The SMILES string of the molecule is O=C1O[C@H](c2ccccc2)CN1Cc1ccc(CCc2ccccc2)cc1. The fraction of sp³-hybridized carbons (Fsp3) is 0.208. The van der Waals surface area contributed by atoms with Gasteiger partial charge in [0.05, 0.1) is 6.54 Å². The summed E-state index contributed by atoms with van der Waals surface area (Å²) in [5, 5.41) is 0. The van der Waals surface area contributed by atoms with Crippen LogP contribution < -0.4 is 0 Å². The average molecular weight is 357 g/mol. The first-order chi connectivity index (χ1) is 13.3. The van der Waals surface area contributed by atoms with Crippen molar-refractivity contribution in [2.75, 3.05) is 6.54 Å². The minimum atomic E-state index is -0.239. The van der Waals surface area contributed by atoms with Gasteiger partial charge in [0.15, 0.2) is 0 Å². The van der Waals surface area contributed by atoms with Gasteiger partial charge in [-0.2, -0.15) is 0 Å². The minimum absolute atomic E-state index is 0.177. The van der Waals surface area contributed by atoms with E-state index in [4.69, 9.17) is 4.74 Å². The largest absolute Gasteiger partial charge is 0.439 e. The molecule has 3 aromatic carbocycles. The Hall–Kier alpha value is -3.07. The van der Waals surface area contributed by atoms with Crippen LogP contribution in [0, 0.1) is 0 Å². The Morgan fingerprint density at radius 1 is 0.741 bits per heavy atom. The molecule has 27 heavy (non-hydrogen) atoms. The van der Waals surface area contributed by atoms with Crippen molar-refractivity contribution < 1.29 is 9.53 Å². The first-order valence-electron chi connectivity index (χ1n) is 9.40. The first-order valence-corrected chi connectivity index (χ1v) is 9.40. The van der Waals surface area contributed by atoms with E-state index in [0.29, 0.717) is 13.1 Å². The fourth-order valence-corrected chi connectivity index (χ4v) is 3.44. The van der Waals surface area contributed by atoms with Gasteiger partial charge in [0.25, 0.3) is 0 Å². The summed E-state index contributed by atoms with van der Waals surface area (Å²) in [6.07, 6.45) is 1.64. The summed E-state index contributed by atoms with van der Waals surface area (Å²) in [5.74, 6) is 0. The molecule has 3 heteroatoms. The predicted octanol–water partition coefficient (Wildman–Crippen LogP) is 5.17. The van der Waals surface area contributed by atoms with Crippen molar-refractivity contribution in [1.82, 2.24) is 4.90 Å². The number of carbonyl (C=O) groups is 1. The molecule has 1 aliphatic heterocycles. The summed E-state index contributed by atoms with van der Waals surface area (Å²) in [7, 11) is 0. The van der Waals surface area contributed by atoms with Crippen molar-refractivity contribution in [2.45, 2.75) is 25.5 Å². The fourth-order valence-electron chi connectivity index (χ4n) is 3.44. The van der Waals surface area contributed by atoms with E-state index in [1.807, 2.05) is 36.4 Å². The van der Waals surface area contributed by atoms with Gasteiger partial charge in [0.1, 0.15) is 6.10 Å². The third-order valence-electron chi connectivity index (χ3n) is 5.00. The topological polar surface area (TPSA) is 29.5 Å². The number of cyclic esters (lactones) is 1. The summed E-state index contributed by atoms with van der Waals surface area (Å²) >= 11 is 0. The molecule has 0 unspecified atom stereocenters. The first kappa shape index (κ1) is 17.3. The molecule has 3 aromatic rings. The van der Waals surface area contributed by atoms with E-state index >= 15 is 0 Å². The van der Waals surface area contributed by atoms with Gasteiger partial charge in [-0.1, -0.05) is 84.9 Å².